The second-order valence-corrected chi connectivity index (χ2v) is 6.94. The van der Waals surface area contributed by atoms with E-state index in [0.717, 1.165) is 6.61 Å². The van der Waals surface area contributed by atoms with E-state index in [0.29, 0.717) is 33.0 Å². The van der Waals surface area contributed by atoms with Crippen molar-refractivity contribution in [3.8, 4) is 0 Å². The zero-order valence-corrected chi connectivity index (χ0v) is 16.9. The van der Waals surface area contributed by atoms with Crippen LogP contribution in [0.25, 0.3) is 0 Å². The summed E-state index contributed by atoms with van der Waals surface area (Å²) >= 11 is 0. The average molecular weight is 365 g/mol. The smallest absolute Gasteiger partial charge is 0.0718 e. The van der Waals surface area contributed by atoms with E-state index in [9.17, 15) is 0 Å². The molecule has 0 radical (unpaired) electrons. The van der Waals surface area contributed by atoms with Crippen molar-refractivity contribution in [2.24, 2.45) is 0 Å². The molecule has 0 aromatic heterocycles. The van der Waals surface area contributed by atoms with Crippen LogP contribution >= 0.6 is 0 Å². The second-order valence-electron chi connectivity index (χ2n) is 6.94. The van der Waals surface area contributed by atoms with Gasteiger partial charge in [0.05, 0.1) is 33.0 Å². The van der Waals surface area contributed by atoms with Crippen LogP contribution in [0.2, 0.25) is 0 Å². The molecule has 0 aliphatic rings. The molecule has 0 fully saturated rings. The van der Waals surface area contributed by atoms with Crippen molar-refractivity contribution >= 4 is 0 Å². The predicted octanol–water partition coefficient (Wildman–Crippen LogP) is 6.16. The molecule has 1 aromatic carbocycles. The van der Waals surface area contributed by atoms with Gasteiger partial charge in [-0.3, -0.25) is 0 Å². The Morgan fingerprint density at radius 1 is 0.538 bits per heavy atom. The number of ether oxygens (including phenoxy) is 3. The molecule has 0 heterocycles. The van der Waals surface area contributed by atoms with Gasteiger partial charge >= 0.3 is 0 Å². The first-order valence-corrected chi connectivity index (χ1v) is 10.7. The number of hydrogen-bond acceptors (Lipinski definition) is 3. The summed E-state index contributed by atoms with van der Waals surface area (Å²) in [6.07, 6.45) is 13.6. The molecule has 0 aliphatic heterocycles. The van der Waals surface area contributed by atoms with Crippen molar-refractivity contribution < 1.29 is 14.2 Å². The third kappa shape index (κ3) is 15.4. The van der Waals surface area contributed by atoms with Crippen molar-refractivity contribution in [2.75, 3.05) is 33.0 Å². The lowest BCUT2D eigenvalue weighted by Gasteiger charge is -2.07. The van der Waals surface area contributed by atoms with Crippen LogP contribution in [0.3, 0.4) is 0 Å². The number of hydrogen-bond donors (Lipinski definition) is 0. The van der Waals surface area contributed by atoms with E-state index in [1.807, 2.05) is 18.2 Å². The Bertz CT molecular complexity index is 380. The third-order valence-corrected chi connectivity index (χ3v) is 4.50. The quantitative estimate of drug-likeness (QED) is 0.275. The van der Waals surface area contributed by atoms with Gasteiger partial charge in [0, 0.05) is 6.61 Å². The summed E-state index contributed by atoms with van der Waals surface area (Å²) in [5.74, 6) is 0. The van der Waals surface area contributed by atoms with Crippen LogP contribution in [0.4, 0.5) is 0 Å². The number of unbranched alkanes of at least 4 members (excludes halogenated alkanes) is 9. The van der Waals surface area contributed by atoms with E-state index in [1.54, 1.807) is 0 Å². The first-order chi connectivity index (χ1) is 12.9. The minimum atomic E-state index is 0.632. The molecule has 150 valence electrons. The SMILES string of the molecule is CCCCCCCCCCCCOCCOCCOCc1ccccc1. The summed E-state index contributed by atoms with van der Waals surface area (Å²) in [5.41, 5.74) is 1.20. The fraction of sp³-hybridized carbons (Fsp3) is 0.739. The van der Waals surface area contributed by atoms with Gasteiger partial charge in [-0.05, 0) is 12.0 Å². The lowest BCUT2D eigenvalue weighted by Crippen LogP contribution is -2.09. The molecular weight excluding hydrogens is 324 g/mol. The van der Waals surface area contributed by atoms with Crippen molar-refractivity contribution in [3.05, 3.63) is 35.9 Å². The maximum absolute atomic E-state index is 5.62. The fourth-order valence-electron chi connectivity index (χ4n) is 2.90. The number of rotatable bonds is 19. The molecule has 0 aliphatic carbocycles. The summed E-state index contributed by atoms with van der Waals surface area (Å²) in [4.78, 5) is 0. The van der Waals surface area contributed by atoms with E-state index < -0.39 is 0 Å². The summed E-state index contributed by atoms with van der Waals surface area (Å²) in [7, 11) is 0. The van der Waals surface area contributed by atoms with Gasteiger partial charge in [0.1, 0.15) is 0 Å². The van der Waals surface area contributed by atoms with Crippen molar-refractivity contribution in [2.45, 2.75) is 77.7 Å². The highest BCUT2D eigenvalue weighted by molar-refractivity contribution is 5.13. The van der Waals surface area contributed by atoms with E-state index in [1.165, 1.54) is 69.8 Å². The maximum atomic E-state index is 5.62. The molecular formula is C23H40O3. The van der Waals surface area contributed by atoms with Gasteiger partial charge in [-0.2, -0.15) is 0 Å². The largest absolute Gasteiger partial charge is 0.379 e. The van der Waals surface area contributed by atoms with E-state index >= 15 is 0 Å². The molecule has 1 rings (SSSR count). The minimum absolute atomic E-state index is 0.632. The summed E-state index contributed by atoms with van der Waals surface area (Å²) in [6, 6.07) is 10.2. The van der Waals surface area contributed by atoms with E-state index in [2.05, 4.69) is 19.1 Å². The van der Waals surface area contributed by atoms with Crippen molar-refractivity contribution in [1.29, 1.82) is 0 Å². The molecule has 0 amide bonds. The number of benzene rings is 1. The molecule has 0 N–H and O–H groups in total. The van der Waals surface area contributed by atoms with Gasteiger partial charge in [-0.25, -0.2) is 0 Å². The van der Waals surface area contributed by atoms with Gasteiger partial charge in [0.25, 0.3) is 0 Å². The normalized spacial score (nSPS) is 11.1. The van der Waals surface area contributed by atoms with Crippen LogP contribution in [0, 0.1) is 0 Å². The Morgan fingerprint density at radius 2 is 1.04 bits per heavy atom. The lowest BCUT2D eigenvalue weighted by atomic mass is 10.1. The van der Waals surface area contributed by atoms with Crippen LogP contribution in [-0.2, 0) is 20.8 Å². The van der Waals surface area contributed by atoms with Gasteiger partial charge in [0.15, 0.2) is 0 Å². The van der Waals surface area contributed by atoms with E-state index in [4.69, 9.17) is 14.2 Å². The second kappa shape index (κ2) is 18.9. The Balaban J connectivity index is 1.68. The van der Waals surface area contributed by atoms with Crippen LogP contribution in [0.5, 0.6) is 0 Å². The highest BCUT2D eigenvalue weighted by atomic mass is 16.5. The monoisotopic (exact) mass is 364 g/mol. The average Bonchev–Trinajstić information content (AvgIpc) is 2.68. The molecule has 3 nitrogen and oxygen atoms in total. The highest BCUT2D eigenvalue weighted by Crippen LogP contribution is 2.10. The standard InChI is InChI=1S/C23H40O3/c1-2-3-4-5-6-7-8-9-10-14-17-24-18-19-25-20-21-26-22-23-15-12-11-13-16-23/h11-13,15-16H,2-10,14,17-22H2,1H3. The Labute approximate surface area is 161 Å². The molecule has 0 atom stereocenters. The molecule has 0 saturated carbocycles. The third-order valence-electron chi connectivity index (χ3n) is 4.50. The molecule has 0 spiro atoms. The van der Waals surface area contributed by atoms with Crippen molar-refractivity contribution in [1.82, 2.24) is 0 Å². The van der Waals surface area contributed by atoms with Crippen LogP contribution in [0.1, 0.15) is 76.7 Å². The molecule has 0 saturated heterocycles. The minimum Gasteiger partial charge on any atom is -0.379 e. The topological polar surface area (TPSA) is 27.7 Å². The van der Waals surface area contributed by atoms with E-state index in [-0.39, 0.29) is 0 Å². The molecule has 0 bridgehead atoms. The van der Waals surface area contributed by atoms with Crippen LogP contribution < -0.4 is 0 Å². The zero-order chi connectivity index (χ0) is 18.5. The Kier molecular flexibility index (Phi) is 16.8. The van der Waals surface area contributed by atoms with Crippen LogP contribution in [0.15, 0.2) is 30.3 Å². The maximum Gasteiger partial charge on any atom is 0.0718 e. The Hall–Kier alpha value is -0.900. The van der Waals surface area contributed by atoms with Crippen molar-refractivity contribution in [3.63, 3.8) is 0 Å². The zero-order valence-electron chi connectivity index (χ0n) is 16.9. The molecule has 26 heavy (non-hydrogen) atoms. The first kappa shape index (κ1) is 23.1. The van der Waals surface area contributed by atoms with Gasteiger partial charge in [-0.15, -0.1) is 0 Å². The lowest BCUT2D eigenvalue weighted by molar-refractivity contribution is 0.0100. The molecule has 0 unspecified atom stereocenters. The molecule has 3 heteroatoms. The highest BCUT2D eigenvalue weighted by Gasteiger charge is 1.95. The van der Waals surface area contributed by atoms with Gasteiger partial charge in [-0.1, -0.05) is 95.0 Å². The summed E-state index contributed by atoms with van der Waals surface area (Å²) in [6.45, 7) is 6.41. The first-order valence-electron chi connectivity index (χ1n) is 10.7. The predicted molar refractivity (Wildman–Crippen MR) is 110 cm³/mol. The van der Waals surface area contributed by atoms with Gasteiger partial charge in [0.2, 0.25) is 0 Å². The van der Waals surface area contributed by atoms with Gasteiger partial charge < -0.3 is 14.2 Å². The van der Waals surface area contributed by atoms with Crippen LogP contribution in [-0.4, -0.2) is 33.0 Å². The fourth-order valence-corrected chi connectivity index (χ4v) is 2.90. The summed E-state index contributed by atoms with van der Waals surface area (Å²) in [5, 5.41) is 0. The Morgan fingerprint density at radius 3 is 1.65 bits per heavy atom. The summed E-state index contributed by atoms with van der Waals surface area (Å²) < 4.78 is 16.7. The molecule has 1 aromatic rings.